The second-order valence-corrected chi connectivity index (χ2v) is 3.72. The van der Waals surface area contributed by atoms with Gasteiger partial charge in [-0.1, -0.05) is 0 Å². The summed E-state index contributed by atoms with van der Waals surface area (Å²) in [5.74, 6) is 0.371. The topological polar surface area (TPSA) is 44.1 Å². The van der Waals surface area contributed by atoms with Crippen molar-refractivity contribution in [2.45, 2.75) is 32.2 Å². The SMILES string of the molecule is COC(=O)Cn1nc(C)cc1C1CC1. The van der Waals surface area contributed by atoms with Gasteiger partial charge in [0.25, 0.3) is 0 Å². The number of aryl methyl sites for hydroxylation is 1. The molecule has 0 atom stereocenters. The highest BCUT2D eigenvalue weighted by Gasteiger charge is 2.28. The number of carbonyl (C=O) groups is 1. The maximum atomic E-state index is 11.1. The van der Waals surface area contributed by atoms with Crippen molar-refractivity contribution < 1.29 is 9.53 Å². The number of ether oxygens (including phenoxy) is 1. The van der Waals surface area contributed by atoms with Crippen LogP contribution >= 0.6 is 0 Å². The molecule has 1 heterocycles. The zero-order valence-electron chi connectivity index (χ0n) is 8.49. The lowest BCUT2D eigenvalue weighted by Crippen LogP contribution is -2.14. The van der Waals surface area contributed by atoms with Crippen LogP contribution in [0.1, 0.15) is 30.1 Å². The van der Waals surface area contributed by atoms with Gasteiger partial charge in [0, 0.05) is 11.6 Å². The summed E-state index contributed by atoms with van der Waals surface area (Å²) in [5.41, 5.74) is 2.14. The summed E-state index contributed by atoms with van der Waals surface area (Å²) < 4.78 is 6.38. The van der Waals surface area contributed by atoms with Gasteiger partial charge in [0.1, 0.15) is 6.54 Å². The van der Waals surface area contributed by atoms with Crippen LogP contribution in [0.4, 0.5) is 0 Å². The van der Waals surface area contributed by atoms with E-state index in [0.717, 1.165) is 5.69 Å². The second kappa shape index (κ2) is 3.44. The molecule has 0 N–H and O–H groups in total. The maximum absolute atomic E-state index is 11.1. The lowest BCUT2D eigenvalue weighted by atomic mass is 10.3. The first kappa shape index (κ1) is 9.24. The Hall–Kier alpha value is -1.32. The monoisotopic (exact) mass is 194 g/mol. The molecular weight excluding hydrogens is 180 g/mol. The minimum atomic E-state index is -0.241. The highest BCUT2D eigenvalue weighted by Crippen LogP contribution is 2.40. The van der Waals surface area contributed by atoms with Crippen LogP contribution < -0.4 is 0 Å². The lowest BCUT2D eigenvalue weighted by molar-refractivity contribution is -0.141. The van der Waals surface area contributed by atoms with Crippen LogP contribution in [0.5, 0.6) is 0 Å². The largest absolute Gasteiger partial charge is 0.468 e. The number of rotatable bonds is 3. The molecule has 0 saturated heterocycles. The van der Waals surface area contributed by atoms with Crippen LogP contribution in [0.3, 0.4) is 0 Å². The Morgan fingerprint density at radius 3 is 3.00 bits per heavy atom. The van der Waals surface area contributed by atoms with Crippen LogP contribution in [0.2, 0.25) is 0 Å². The summed E-state index contributed by atoms with van der Waals surface area (Å²) in [7, 11) is 1.40. The Morgan fingerprint density at radius 1 is 1.71 bits per heavy atom. The number of methoxy groups -OCH3 is 1. The molecule has 1 aliphatic rings. The third-order valence-electron chi connectivity index (χ3n) is 2.44. The van der Waals surface area contributed by atoms with Crippen LogP contribution in [0.25, 0.3) is 0 Å². The first-order valence-corrected chi connectivity index (χ1v) is 4.82. The highest BCUT2D eigenvalue weighted by atomic mass is 16.5. The number of nitrogens with zero attached hydrogens (tertiary/aromatic N) is 2. The zero-order valence-corrected chi connectivity index (χ0v) is 8.49. The van der Waals surface area contributed by atoms with E-state index in [-0.39, 0.29) is 12.5 Å². The zero-order chi connectivity index (χ0) is 10.1. The molecule has 1 saturated carbocycles. The molecule has 1 aromatic heterocycles. The number of aromatic nitrogens is 2. The quantitative estimate of drug-likeness (QED) is 0.680. The summed E-state index contributed by atoms with van der Waals surface area (Å²) in [4.78, 5) is 11.1. The second-order valence-electron chi connectivity index (χ2n) is 3.72. The van der Waals surface area contributed by atoms with Crippen LogP contribution in [-0.2, 0) is 16.1 Å². The summed E-state index contributed by atoms with van der Waals surface area (Å²) in [6, 6.07) is 2.06. The van der Waals surface area contributed by atoms with E-state index in [0.29, 0.717) is 5.92 Å². The van der Waals surface area contributed by atoms with Gasteiger partial charge in [0.05, 0.1) is 12.8 Å². The van der Waals surface area contributed by atoms with Crippen LogP contribution in [0, 0.1) is 6.92 Å². The molecular formula is C10H14N2O2. The average molecular weight is 194 g/mol. The standard InChI is InChI=1S/C10H14N2O2/c1-7-5-9(8-3-4-8)12(11-7)6-10(13)14-2/h5,8H,3-4,6H2,1-2H3. The molecule has 0 radical (unpaired) electrons. The Labute approximate surface area is 82.9 Å². The molecule has 4 heteroatoms. The molecule has 0 unspecified atom stereocenters. The molecule has 0 bridgehead atoms. The van der Waals surface area contributed by atoms with Crippen LogP contribution in [-0.4, -0.2) is 22.9 Å². The van der Waals surface area contributed by atoms with E-state index in [1.807, 2.05) is 6.92 Å². The minimum absolute atomic E-state index is 0.232. The maximum Gasteiger partial charge on any atom is 0.327 e. The third kappa shape index (κ3) is 1.78. The lowest BCUT2D eigenvalue weighted by Gasteiger charge is -2.04. The summed E-state index contributed by atoms with van der Waals surface area (Å²) in [6.45, 7) is 2.18. The molecule has 1 aliphatic carbocycles. The number of hydrogen-bond donors (Lipinski definition) is 0. The molecule has 0 spiro atoms. The fraction of sp³-hybridized carbons (Fsp3) is 0.600. The van der Waals surface area contributed by atoms with Gasteiger partial charge < -0.3 is 4.74 Å². The van der Waals surface area contributed by atoms with E-state index in [1.54, 1.807) is 4.68 Å². The Balaban J connectivity index is 2.18. The Bertz CT molecular complexity index is 353. The van der Waals surface area contributed by atoms with Gasteiger partial charge in [-0.15, -0.1) is 0 Å². The molecule has 1 fully saturated rings. The van der Waals surface area contributed by atoms with Gasteiger partial charge in [-0.3, -0.25) is 9.48 Å². The van der Waals surface area contributed by atoms with Crippen molar-refractivity contribution in [1.82, 2.24) is 9.78 Å². The van der Waals surface area contributed by atoms with E-state index < -0.39 is 0 Å². The number of hydrogen-bond acceptors (Lipinski definition) is 3. The third-order valence-corrected chi connectivity index (χ3v) is 2.44. The van der Waals surface area contributed by atoms with E-state index in [1.165, 1.54) is 25.6 Å². The summed E-state index contributed by atoms with van der Waals surface area (Å²) in [5, 5.41) is 4.28. The Morgan fingerprint density at radius 2 is 2.43 bits per heavy atom. The molecule has 0 aromatic carbocycles. The smallest absolute Gasteiger partial charge is 0.327 e. The van der Waals surface area contributed by atoms with Crippen molar-refractivity contribution in [3.05, 3.63) is 17.5 Å². The van der Waals surface area contributed by atoms with Gasteiger partial charge >= 0.3 is 5.97 Å². The number of carbonyl (C=O) groups excluding carboxylic acids is 1. The molecule has 76 valence electrons. The van der Waals surface area contributed by atoms with E-state index in [9.17, 15) is 4.79 Å². The van der Waals surface area contributed by atoms with Crippen molar-refractivity contribution >= 4 is 5.97 Å². The van der Waals surface area contributed by atoms with Crippen molar-refractivity contribution in [2.75, 3.05) is 7.11 Å². The van der Waals surface area contributed by atoms with Crippen molar-refractivity contribution in [1.29, 1.82) is 0 Å². The van der Waals surface area contributed by atoms with Gasteiger partial charge in [-0.2, -0.15) is 5.10 Å². The average Bonchev–Trinajstić information content (AvgIpc) is 2.92. The van der Waals surface area contributed by atoms with E-state index in [4.69, 9.17) is 0 Å². The normalized spacial score (nSPS) is 15.6. The summed E-state index contributed by atoms with van der Waals surface area (Å²) in [6.07, 6.45) is 2.43. The summed E-state index contributed by atoms with van der Waals surface area (Å²) >= 11 is 0. The van der Waals surface area contributed by atoms with E-state index >= 15 is 0 Å². The molecule has 0 aliphatic heterocycles. The highest BCUT2D eigenvalue weighted by molar-refractivity contribution is 5.69. The molecule has 2 rings (SSSR count). The van der Waals surface area contributed by atoms with Gasteiger partial charge in [-0.25, -0.2) is 0 Å². The minimum Gasteiger partial charge on any atom is -0.468 e. The van der Waals surface area contributed by atoms with Gasteiger partial charge in [0.2, 0.25) is 0 Å². The number of esters is 1. The molecule has 1 aromatic rings. The first-order chi connectivity index (χ1) is 6.70. The van der Waals surface area contributed by atoms with Crippen molar-refractivity contribution in [3.63, 3.8) is 0 Å². The van der Waals surface area contributed by atoms with Crippen molar-refractivity contribution in [2.24, 2.45) is 0 Å². The fourth-order valence-corrected chi connectivity index (χ4v) is 1.59. The predicted molar refractivity (Wildman–Crippen MR) is 51.0 cm³/mol. The van der Waals surface area contributed by atoms with Gasteiger partial charge in [0.15, 0.2) is 0 Å². The van der Waals surface area contributed by atoms with E-state index in [2.05, 4.69) is 15.9 Å². The predicted octanol–water partition coefficient (Wildman–Crippen LogP) is 1.24. The molecule has 4 nitrogen and oxygen atoms in total. The molecule has 0 amide bonds. The first-order valence-electron chi connectivity index (χ1n) is 4.82. The van der Waals surface area contributed by atoms with Gasteiger partial charge in [-0.05, 0) is 25.8 Å². The fourth-order valence-electron chi connectivity index (χ4n) is 1.59. The van der Waals surface area contributed by atoms with Crippen LogP contribution in [0.15, 0.2) is 6.07 Å². The Kier molecular flexibility index (Phi) is 2.27. The molecule has 14 heavy (non-hydrogen) atoms. The van der Waals surface area contributed by atoms with Crippen molar-refractivity contribution in [3.8, 4) is 0 Å².